The number of halogens is 1. The van der Waals surface area contributed by atoms with Crippen molar-refractivity contribution in [2.75, 3.05) is 13.1 Å². The predicted molar refractivity (Wildman–Crippen MR) is 87.1 cm³/mol. The molecule has 1 aromatic heterocycles. The first-order valence-corrected chi connectivity index (χ1v) is 8.06. The number of amides is 1. The Kier molecular flexibility index (Phi) is 4.48. The van der Waals surface area contributed by atoms with E-state index in [1.807, 2.05) is 29.2 Å². The van der Waals surface area contributed by atoms with Crippen LogP contribution in [0, 0.1) is 5.92 Å². The van der Waals surface area contributed by atoms with Crippen LogP contribution in [0.15, 0.2) is 36.7 Å². The molecule has 0 atom stereocenters. The Labute approximate surface area is 135 Å². The maximum absolute atomic E-state index is 12.5. The number of carbonyl (C=O) groups is 1. The molecule has 1 aromatic carbocycles. The standard InChI is InChI=1S/C17H20ClN3O/c1-13-6-8-20(9-7-13)17(22)15-4-2-14(3-5-15)11-21-12-16(18)10-19-21/h2-5,10,12-13H,6-9,11H2,1H3. The molecular weight excluding hydrogens is 298 g/mol. The molecule has 0 aliphatic carbocycles. The van der Waals surface area contributed by atoms with Crippen LogP contribution in [0.3, 0.4) is 0 Å². The highest BCUT2D eigenvalue weighted by atomic mass is 35.5. The van der Waals surface area contributed by atoms with Crippen molar-refractivity contribution >= 4 is 17.5 Å². The predicted octanol–water partition coefficient (Wildman–Crippen LogP) is 3.46. The minimum absolute atomic E-state index is 0.139. The monoisotopic (exact) mass is 317 g/mol. The van der Waals surface area contributed by atoms with E-state index in [0.717, 1.165) is 43.0 Å². The Bertz CT molecular complexity index is 642. The van der Waals surface area contributed by atoms with E-state index in [4.69, 9.17) is 11.6 Å². The number of piperidine rings is 1. The fourth-order valence-electron chi connectivity index (χ4n) is 2.76. The highest BCUT2D eigenvalue weighted by Crippen LogP contribution is 2.18. The lowest BCUT2D eigenvalue weighted by Crippen LogP contribution is -2.37. The van der Waals surface area contributed by atoms with Gasteiger partial charge in [-0.25, -0.2) is 0 Å². The molecule has 1 aliphatic heterocycles. The number of nitrogens with zero attached hydrogens (tertiary/aromatic N) is 3. The van der Waals surface area contributed by atoms with Gasteiger partial charge in [0.05, 0.1) is 17.8 Å². The van der Waals surface area contributed by atoms with Gasteiger partial charge in [-0.3, -0.25) is 9.48 Å². The van der Waals surface area contributed by atoms with Gasteiger partial charge in [-0.15, -0.1) is 0 Å². The van der Waals surface area contributed by atoms with E-state index >= 15 is 0 Å². The van der Waals surface area contributed by atoms with Gasteiger partial charge in [-0.2, -0.15) is 5.10 Å². The molecule has 22 heavy (non-hydrogen) atoms. The van der Waals surface area contributed by atoms with Gasteiger partial charge in [0.25, 0.3) is 5.91 Å². The van der Waals surface area contributed by atoms with E-state index in [-0.39, 0.29) is 5.91 Å². The molecule has 0 unspecified atom stereocenters. The minimum atomic E-state index is 0.139. The van der Waals surface area contributed by atoms with Gasteiger partial charge < -0.3 is 4.90 Å². The van der Waals surface area contributed by atoms with E-state index in [9.17, 15) is 4.79 Å². The summed E-state index contributed by atoms with van der Waals surface area (Å²) in [5.74, 6) is 0.868. The number of hydrogen-bond acceptors (Lipinski definition) is 2. The van der Waals surface area contributed by atoms with E-state index in [1.165, 1.54) is 0 Å². The Morgan fingerprint density at radius 2 is 1.95 bits per heavy atom. The summed E-state index contributed by atoms with van der Waals surface area (Å²) in [6.45, 7) is 4.64. The van der Waals surface area contributed by atoms with Crippen LogP contribution in [0.4, 0.5) is 0 Å². The number of hydrogen-bond donors (Lipinski definition) is 0. The van der Waals surface area contributed by atoms with Gasteiger partial charge in [0.15, 0.2) is 0 Å². The summed E-state index contributed by atoms with van der Waals surface area (Å²) < 4.78 is 1.78. The maximum Gasteiger partial charge on any atom is 0.253 e. The van der Waals surface area contributed by atoms with E-state index in [1.54, 1.807) is 17.1 Å². The smallest absolute Gasteiger partial charge is 0.253 e. The summed E-state index contributed by atoms with van der Waals surface area (Å²) in [4.78, 5) is 14.4. The van der Waals surface area contributed by atoms with Crippen LogP contribution in [0.2, 0.25) is 5.02 Å². The number of carbonyl (C=O) groups excluding carboxylic acids is 1. The van der Waals surface area contributed by atoms with Gasteiger partial charge in [0, 0.05) is 24.8 Å². The molecule has 116 valence electrons. The summed E-state index contributed by atoms with van der Waals surface area (Å²) >= 11 is 5.86. The normalized spacial score (nSPS) is 16.0. The van der Waals surface area contributed by atoms with Crippen LogP contribution in [0.25, 0.3) is 0 Å². The lowest BCUT2D eigenvalue weighted by atomic mass is 9.98. The molecule has 1 amide bonds. The van der Waals surface area contributed by atoms with E-state index in [0.29, 0.717) is 11.6 Å². The topological polar surface area (TPSA) is 38.1 Å². The Balaban J connectivity index is 1.64. The van der Waals surface area contributed by atoms with Gasteiger partial charge >= 0.3 is 0 Å². The largest absolute Gasteiger partial charge is 0.339 e. The quantitative estimate of drug-likeness (QED) is 0.869. The number of likely N-dealkylation sites (tertiary alicyclic amines) is 1. The van der Waals surface area contributed by atoms with Gasteiger partial charge in [0.2, 0.25) is 0 Å². The molecule has 2 aromatic rings. The molecule has 1 saturated heterocycles. The molecule has 3 rings (SSSR count). The fraction of sp³-hybridized carbons (Fsp3) is 0.412. The first kappa shape index (κ1) is 15.1. The third kappa shape index (κ3) is 3.50. The van der Waals surface area contributed by atoms with Gasteiger partial charge in [-0.05, 0) is 36.5 Å². The van der Waals surface area contributed by atoms with Crippen LogP contribution >= 0.6 is 11.6 Å². The first-order chi connectivity index (χ1) is 10.6. The van der Waals surface area contributed by atoms with Crippen molar-refractivity contribution in [2.24, 2.45) is 5.92 Å². The summed E-state index contributed by atoms with van der Waals surface area (Å²) in [5, 5.41) is 4.79. The van der Waals surface area contributed by atoms with E-state index in [2.05, 4.69) is 12.0 Å². The van der Waals surface area contributed by atoms with Crippen molar-refractivity contribution in [1.29, 1.82) is 0 Å². The molecule has 1 aliphatic rings. The zero-order valence-corrected chi connectivity index (χ0v) is 13.5. The Morgan fingerprint density at radius 3 is 2.55 bits per heavy atom. The van der Waals surface area contributed by atoms with Crippen LogP contribution in [0.1, 0.15) is 35.7 Å². The molecule has 5 heteroatoms. The summed E-state index contributed by atoms with van der Waals surface area (Å²) in [5.41, 5.74) is 1.86. The second kappa shape index (κ2) is 6.53. The molecular formula is C17H20ClN3O. The molecule has 0 bridgehead atoms. The second-order valence-electron chi connectivity index (χ2n) is 6.03. The summed E-state index contributed by atoms with van der Waals surface area (Å²) in [6, 6.07) is 7.77. The molecule has 1 fully saturated rings. The summed E-state index contributed by atoms with van der Waals surface area (Å²) in [7, 11) is 0. The average Bonchev–Trinajstić information content (AvgIpc) is 2.93. The van der Waals surface area contributed by atoms with Crippen molar-refractivity contribution in [1.82, 2.24) is 14.7 Å². The van der Waals surface area contributed by atoms with Crippen molar-refractivity contribution < 1.29 is 4.79 Å². The van der Waals surface area contributed by atoms with Crippen LogP contribution in [-0.4, -0.2) is 33.7 Å². The van der Waals surface area contributed by atoms with Crippen molar-refractivity contribution in [2.45, 2.75) is 26.3 Å². The molecule has 4 nitrogen and oxygen atoms in total. The Hall–Kier alpha value is -1.81. The highest BCUT2D eigenvalue weighted by molar-refractivity contribution is 6.30. The number of aromatic nitrogens is 2. The maximum atomic E-state index is 12.5. The minimum Gasteiger partial charge on any atom is -0.339 e. The SMILES string of the molecule is CC1CCN(C(=O)c2ccc(Cn3cc(Cl)cn3)cc2)CC1. The first-order valence-electron chi connectivity index (χ1n) is 7.68. The van der Waals surface area contributed by atoms with Crippen molar-refractivity contribution in [3.8, 4) is 0 Å². The van der Waals surface area contributed by atoms with Gasteiger partial charge in [-0.1, -0.05) is 30.7 Å². The number of rotatable bonds is 3. The van der Waals surface area contributed by atoms with Crippen molar-refractivity contribution in [3.63, 3.8) is 0 Å². The molecule has 0 saturated carbocycles. The van der Waals surface area contributed by atoms with Crippen molar-refractivity contribution in [3.05, 3.63) is 52.8 Å². The second-order valence-corrected chi connectivity index (χ2v) is 6.46. The highest BCUT2D eigenvalue weighted by Gasteiger charge is 2.21. The Morgan fingerprint density at radius 1 is 1.27 bits per heavy atom. The molecule has 0 radical (unpaired) electrons. The van der Waals surface area contributed by atoms with Crippen LogP contribution in [-0.2, 0) is 6.54 Å². The zero-order chi connectivity index (χ0) is 15.5. The van der Waals surface area contributed by atoms with Crippen LogP contribution in [0.5, 0.6) is 0 Å². The third-order valence-corrected chi connectivity index (χ3v) is 4.41. The van der Waals surface area contributed by atoms with Gasteiger partial charge in [0.1, 0.15) is 0 Å². The molecule has 2 heterocycles. The lowest BCUT2D eigenvalue weighted by Gasteiger charge is -2.30. The third-order valence-electron chi connectivity index (χ3n) is 4.22. The number of benzene rings is 1. The van der Waals surface area contributed by atoms with E-state index < -0.39 is 0 Å². The zero-order valence-electron chi connectivity index (χ0n) is 12.7. The lowest BCUT2D eigenvalue weighted by molar-refractivity contribution is 0.0697. The average molecular weight is 318 g/mol. The molecule has 0 spiro atoms. The summed E-state index contributed by atoms with van der Waals surface area (Å²) in [6.07, 6.45) is 5.61. The fourth-order valence-corrected chi connectivity index (χ4v) is 2.92. The van der Waals surface area contributed by atoms with Crippen LogP contribution < -0.4 is 0 Å². The molecule has 0 N–H and O–H groups in total.